The summed E-state index contributed by atoms with van der Waals surface area (Å²) in [5.41, 5.74) is 2.37. The number of halogens is 1. The number of ether oxygens (including phenoxy) is 1. The van der Waals surface area contributed by atoms with Crippen molar-refractivity contribution < 1.29 is 14.3 Å². The lowest BCUT2D eigenvalue weighted by molar-refractivity contribution is -0.130. The molecule has 23 heavy (non-hydrogen) atoms. The number of fused-ring (bicyclic) bond motifs is 1. The summed E-state index contributed by atoms with van der Waals surface area (Å²) < 4.78 is 5.22. The largest absolute Gasteiger partial charge is 0.448 e. The van der Waals surface area contributed by atoms with Crippen molar-refractivity contribution in [2.45, 2.75) is 18.9 Å². The second kappa shape index (κ2) is 6.84. The molecule has 1 heterocycles. The Hall–Kier alpha value is -2.33. The SMILES string of the molecule is O=C1O[C@H](C(=O)NCCc2ccccc2)Cc2ccc(Cl)cc21. The number of carbonyl (C=O) groups excluding carboxylic acids is 2. The number of cyclic esters (lactones) is 1. The Labute approximate surface area is 139 Å². The van der Waals surface area contributed by atoms with Gasteiger partial charge in [-0.15, -0.1) is 0 Å². The highest BCUT2D eigenvalue weighted by Crippen LogP contribution is 2.24. The molecule has 0 saturated heterocycles. The minimum absolute atomic E-state index is 0.269. The second-order valence-corrected chi connectivity index (χ2v) is 5.86. The van der Waals surface area contributed by atoms with Crippen LogP contribution in [0.1, 0.15) is 21.5 Å². The van der Waals surface area contributed by atoms with Crippen molar-refractivity contribution in [3.63, 3.8) is 0 Å². The quantitative estimate of drug-likeness (QED) is 0.878. The summed E-state index contributed by atoms with van der Waals surface area (Å²) in [7, 11) is 0. The Bertz CT molecular complexity index is 730. The third-order valence-corrected chi connectivity index (χ3v) is 4.03. The van der Waals surface area contributed by atoms with Gasteiger partial charge in [0, 0.05) is 18.0 Å². The van der Waals surface area contributed by atoms with Crippen LogP contribution in [-0.4, -0.2) is 24.5 Å². The van der Waals surface area contributed by atoms with Crippen molar-refractivity contribution in [3.8, 4) is 0 Å². The van der Waals surface area contributed by atoms with E-state index in [9.17, 15) is 9.59 Å². The van der Waals surface area contributed by atoms with E-state index >= 15 is 0 Å². The van der Waals surface area contributed by atoms with Gasteiger partial charge in [0.2, 0.25) is 0 Å². The van der Waals surface area contributed by atoms with Gasteiger partial charge in [-0.2, -0.15) is 0 Å². The van der Waals surface area contributed by atoms with E-state index in [2.05, 4.69) is 5.32 Å². The summed E-state index contributed by atoms with van der Waals surface area (Å²) in [6, 6.07) is 14.9. The molecule has 0 aromatic heterocycles. The van der Waals surface area contributed by atoms with Gasteiger partial charge in [-0.1, -0.05) is 48.0 Å². The number of hydrogen-bond acceptors (Lipinski definition) is 3. The van der Waals surface area contributed by atoms with Crippen LogP contribution in [0.25, 0.3) is 0 Å². The smallest absolute Gasteiger partial charge is 0.339 e. The predicted octanol–water partition coefficient (Wildman–Crippen LogP) is 2.78. The van der Waals surface area contributed by atoms with Crippen molar-refractivity contribution in [2.75, 3.05) is 6.54 Å². The molecule has 4 nitrogen and oxygen atoms in total. The first-order valence-corrected chi connectivity index (χ1v) is 7.82. The van der Waals surface area contributed by atoms with Crippen molar-refractivity contribution in [1.29, 1.82) is 0 Å². The lowest BCUT2D eigenvalue weighted by atomic mass is 9.98. The van der Waals surface area contributed by atoms with Gasteiger partial charge in [0.1, 0.15) is 0 Å². The van der Waals surface area contributed by atoms with Crippen LogP contribution in [0.15, 0.2) is 48.5 Å². The molecule has 0 aliphatic carbocycles. The molecule has 0 fully saturated rings. The molecule has 0 spiro atoms. The Morgan fingerprint density at radius 3 is 2.78 bits per heavy atom. The average Bonchev–Trinajstić information content (AvgIpc) is 2.56. The summed E-state index contributed by atoms with van der Waals surface area (Å²) in [5.74, 6) is -0.771. The normalized spacial score (nSPS) is 16.4. The van der Waals surface area contributed by atoms with Crippen LogP contribution in [0.5, 0.6) is 0 Å². The van der Waals surface area contributed by atoms with E-state index in [1.165, 1.54) is 0 Å². The highest BCUT2D eigenvalue weighted by molar-refractivity contribution is 6.31. The van der Waals surface area contributed by atoms with Crippen LogP contribution < -0.4 is 5.32 Å². The maximum Gasteiger partial charge on any atom is 0.339 e. The van der Waals surface area contributed by atoms with E-state index in [1.54, 1.807) is 18.2 Å². The van der Waals surface area contributed by atoms with Crippen LogP contribution in [0, 0.1) is 0 Å². The first kappa shape index (κ1) is 15.6. The molecule has 2 aromatic carbocycles. The molecule has 5 heteroatoms. The Balaban J connectivity index is 1.58. The van der Waals surface area contributed by atoms with Crippen molar-refractivity contribution in [2.24, 2.45) is 0 Å². The number of rotatable bonds is 4. The molecule has 0 bridgehead atoms. The van der Waals surface area contributed by atoms with Gasteiger partial charge in [-0.05, 0) is 29.7 Å². The van der Waals surface area contributed by atoms with E-state index in [0.717, 1.165) is 17.5 Å². The van der Waals surface area contributed by atoms with Crippen LogP contribution >= 0.6 is 11.6 Å². The van der Waals surface area contributed by atoms with Gasteiger partial charge >= 0.3 is 5.97 Å². The third-order valence-electron chi connectivity index (χ3n) is 3.79. The molecule has 1 aliphatic rings. The summed E-state index contributed by atoms with van der Waals surface area (Å²) >= 11 is 5.88. The number of amides is 1. The molecule has 3 rings (SSSR count). The Kier molecular flexibility index (Phi) is 4.63. The average molecular weight is 330 g/mol. The maximum atomic E-state index is 12.2. The fourth-order valence-corrected chi connectivity index (χ4v) is 2.76. The minimum atomic E-state index is -0.785. The number of esters is 1. The molecule has 2 aromatic rings. The molecule has 1 N–H and O–H groups in total. The first-order valence-electron chi connectivity index (χ1n) is 7.44. The van der Waals surface area contributed by atoms with E-state index < -0.39 is 12.1 Å². The summed E-state index contributed by atoms with van der Waals surface area (Å²) in [6.45, 7) is 0.504. The van der Waals surface area contributed by atoms with E-state index in [4.69, 9.17) is 16.3 Å². The van der Waals surface area contributed by atoms with Crippen LogP contribution in [-0.2, 0) is 22.4 Å². The summed E-state index contributed by atoms with van der Waals surface area (Å²) in [5, 5.41) is 3.30. The topological polar surface area (TPSA) is 55.4 Å². The molecule has 1 amide bonds. The highest BCUT2D eigenvalue weighted by Gasteiger charge is 2.31. The van der Waals surface area contributed by atoms with E-state index in [-0.39, 0.29) is 5.91 Å². The van der Waals surface area contributed by atoms with Crippen molar-refractivity contribution in [1.82, 2.24) is 5.32 Å². The van der Waals surface area contributed by atoms with Crippen LogP contribution in [0.2, 0.25) is 5.02 Å². The van der Waals surface area contributed by atoms with E-state index in [0.29, 0.717) is 23.6 Å². The summed E-state index contributed by atoms with van der Waals surface area (Å²) in [4.78, 5) is 24.2. The zero-order valence-electron chi connectivity index (χ0n) is 12.4. The fraction of sp³-hybridized carbons (Fsp3) is 0.222. The lowest BCUT2D eigenvalue weighted by Gasteiger charge is -2.24. The lowest BCUT2D eigenvalue weighted by Crippen LogP contribution is -2.42. The van der Waals surface area contributed by atoms with Crippen LogP contribution in [0.4, 0.5) is 0 Å². The van der Waals surface area contributed by atoms with Crippen molar-refractivity contribution >= 4 is 23.5 Å². The Morgan fingerprint density at radius 1 is 1.22 bits per heavy atom. The number of nitrogens with one attached hydrogen (secondary N) is 1. The third kappa shape index (κ3) is 3.71. The number of benzene rings is 2. The summed E-state index contributed by atoms with van der Waals surface area (Å²) in [6.07, 6.45) is 0.321. The standard InChI is InChI=1S/C18H16ClNO3/c19-14-7-6-13-10-16(23-18(22)15(13)11-14)17(21)20-9-8-12-4-2-1-3-5-12/h1-7,11,16H,8-10H2,(H,20,21)/t16-/m0/s1. The number of hydrogen-bond donors (Lipinski definition) is 1. The second-order valence-electron chi connectivity index (χ2n) is 5.43. The van der Waals surface area contributed by atoms with Gasteiger partial charge in [0.05, 0.1) is 5.56 Å². The first-order chi connectivity index (χ1) is 11.1. The molecule has 0 saturated carbocycles. The van der Waals surface area contributed by atoms with E-state index in [1.807, 2.05) is 30.3 Å². The predicted molar refractivity (Wildman–Crippen MR) is 87.5 cm³/mol. The zero-order chi connectivity index (χ0) is 16.2. The molecule has 118 valence electrons. The van der Waals surface area contributed by atoms with Gasteiger partial charge < -0.3 is 10.1 Å². The highest BCUT2D eigenvalue weighted by atomic mass is 35.5. The Morgan fingerprint density at radius 2 is 2.00 bits per heavy atom. The maximum absolute atomic E-state index is 12.2. The molecule has 0 unspecified atom stereocenters. The van der Waals surface area contributed by atoms with Crippen molar-refractivity contribution in [3.05, 3.63) is 70.2 Å². The van der Waals surface area contributed by atoms with Gasteiger partial charge in [0.25, 0.3) is 5.91 Å². The molecular formula is C18H16ClNO3. The van der Waals surface area contributed by atoms with Gasteiger partial charge in [-0.25, -0.2) is 4.79 Å². The minimum Gasteiger partial charge on any atom is -0.448 e. The molecular weight excluding hydrogens is 314 g/mol. The molecule has 1 atom stereocenters. The van der Waals surface area contributed by atoms with Gasteiger partial charge in [0.15, 0.2) is 6.10 Å². The molecule has 1 aliphatic heterocycles. The molecule has 0 radical (unpaired) electrons. The zero-order valence-corrected chi connectivity index (χ0v) is 13.2. The van der Waals surface area contributed by atoms with Gasteiger partial charge in [-0.3, -0.25) is 4.79 Å². The fourth-order valence-electron chi connectivity index (χ4n) is 2.59. The monoisotopic (exact) mass is 329 g/mol. The van der Waals surface area contributed by atoms with Crippen LogP contribution in [0.3, 0.4) is 0 Å². The number of carbonyl (C=O) groups is 2.